The summed E-state index contributed by atoms with van der Waals surface area (Å²) in [5.41, 5.74) is 5.65. The molecule has 1 aliphatic carbocycles. The van der Waals surface area contributed by atoms with Crippen molar-refractivity contribution in [1.29, 1.82) is 0 Å². The lowest BCUT2D eigenvalue weighted by atomic mass is 9.77. The van der Waals surface area contributed by atoms with E-state index in [1.54, 1.807) is 37.4 Å². The van der Waals surface area contributed by atoms with Crippen LogP contribution in [0.2, 0.25) is 0 Å². The van der Waals surface area contributed by atoms with Crippen LogP contribution in [0.5, 0.6) is 5.75 Å². The van der Waals surface area contributed by atoms with Gasteiger partial charge >= 0.3 is 5.97 Å². The number of aromatic nitrogens is 1. The number of carbonyl (C=O) groups is 2. The Morgan fingerprint density at radius 3 is 2.30 bits per heavy atom. The third kappa shape index (κ3) is 6.25. The van der Waals surface area contributed by atoms with E-state index < -0.39 is 5.97 Å². The molecule has 0 radical (unpaired) electrons. The van der Waals surface area contributed by atoms with Crippen LogP contribution in [-0.4, -0.2) is 30.5 Å². The van der Waals surface area contributed by atoms with Crippen molar-refractivity contribution in [1.82, 2.24) is 4.98 Å². The average molecular weight is 536 g/mol. The van der Waals surface area contributed by atoms with Gasteiger partial charge in [0.1, 0.15) is 5.75 Å². The van der Waals surface area contributed by atoms with Crippen molar-refractivity contribution >= 4 is 22.7 Å². The molecule has 0 spiro atoms. The van der Waals surface area contributed by atoms with Crippen molar-refractivity contribution in [2.24, 2.45) is 5.92 Å². The lowest BCUT2D eigenvalue weighted by molar-refractivity contribution is 0.0476. The number of hydrogen-bond donors (Lipinski definition) is 0. The predicted octanol–water partition coefficient (Wildman–Crippen LogP) is 8.33. The summed E-state index contributed by atoms with van der Waals surface area (Å²) in [4.78, 5) is 30.8. The molecule has 0 N–H and O–H groups in total. The number of nitrogens with zero attached hydrogens (tertiary/aromatic N) is 1. The Morgan fingerprint density at radius 2 is 1.62 bits per heavy atom. The SMILES string of the molecule is CCCC1CCC(c2ccc(-c3cc(C(=O)OCC(=O)c4ccc(OC)cc4)c4cc(C)ccc4n3)cc2)CC1. The zero-order valence-corrected chi connectivity index (χ0v) is 23.6. The van der Waals surface area contributed by atoms with Crippen LogP contribution in [-0.2, 0) is 4.74 Å². The summed E-state index contributed by atoms with van der Waals surface area (Å²) in [7, 11) is 1.57. The van der Waals surface area contributed by atoms with Gasteiger partial charge in [0.15, 0.2) is 12.4 Å². The highest BCUT2D eigenvalue weighted by Gasteiger charge is 2.22. The molecule has 0 unspecified atom stereocenters. The number of carbonyl (C=O) groups excluding carboxylic acids is 2. The van der Waals surface area contributed by atoms with E-state index in [0.717, 1.165) is 22.6 Å². The summed E-state index contributed by atoms with van der Waals surface area (Å²) in [6.07, 6.45) is 7.76. The summed E-state index contributed by atoms with van der Waals surface area (Å²) in [6, 6.07) is 23.0. The van der Waals surface area contributed by atoms with Gasteiger partial charge in [-0.1, -0.05) is 55.7 Å². The molecule has 5 heteroatoms. The first-order chi connectivity index (χ1) is 19.4. The highest BCUT2D eigenvalue weighted by Crippen LogP contribution is 2.38. The van der Waals surface area contributed by atoms with Crippen LogP contribution in [0.25, 0.3) is 22.2 Å². The predicted molar refractivity (Wildman–Crippen MR) is 159 cm³/mol. The van der Waals surface area contributed by atoms with Gasteiger partial charge in [-0.05, 0) is 92.5 Å². The Kier molecular flexibility index (Phi) is 8.59. The van der Waals surface area contributed by atoms with E-state index in [9.17, 15) is 9.59 Å². The molecule has 5 rings (SSSR count). The lowest BCUT2D eigenvalue weighted by Crippen LogP contribution is -2.15. The fourth-order valence-corrected chi connectivity index (χ4v) is 5.84. The molecule has 3 aromatic carbocycles. The van der Waals surface area contributed by atoms with Crippen LogP contribution >= 0.6 is 0 Å². The highest BCUT2D eigenvalue weighted by atomic mass is 16.5. The lowest BCUT2D eigenvalue weighted by Gasteiger charge is -2.28. The molecule has 206 valence electrons. The number of Topliss-reactive ketones (excluding diaryl/α,β-unsaturated/α-hetero) is 1. The fourth-order valence-electron chi connectivity index (χ4n) is 5.84. The standard InChI is InChI=1S/C35H37NO4/c1-4-5-24-7-9-25(10-8-24)26-11-13-27(14-12-26)33-21-31(30-20-23(2)6-19-32(30)36-33)35(38)40-22-34(37)28-15-17-29(39-3)18-16-28/h6,11-21,24-25H,4-5,7-10,22H2,1-3H3. The van der Waals surface area contributed by atoms with E-state index in [-0.39, 0.29) is 12.4 Å². The summed E-state index contributed by atoms with van der Waals surface area (Å²) >= 11 is 0. The van der Waals surface area contributed by atoms with E-state index in [1.807, 2.05) is 25.1 Å². The minimum absolute atomic E-state index is 0.273. The number of pyridine rings is 1. The van der Waals surface area contributed by atoms with Crippen molar-refractivity contribution in [3.8, 4) is 17.0 Å². The second-order valence-corrected chi connectivity index (χ2v) is 10.9. The van der Waals surface area contributed by atoms with Crippen LogP contribution in [0.1, 0.15) is 83.2 Å². The van der Waals surface area contributed by atoms with Gasteiger partial charge in [0.25, 0.3) is 0 Å². The van der Waals surface area contributed by atoms with Crippen molar-refractivity contribution in [3.05, 3.63) is 95.1 Å². The molecule has 5 nitrogen and oxygen atoms in total. The quantitative estimate of drug-likeness (QED) is 0.159. The molecular weight excluding hydrogens is 498 g/mol. The largest absolute Gasteiger partial charge is 0.497 e. The van der Waals surface area contributed by atoms with Gasteiger partial charge in [-0.15, -0.1) is 0 Å². The third-order valence-electron chi connectivity index (χ3n) is 8.15. The first kappa shape index (κ1) is 27.6. The summed E-state index contributed by atoms with van der Waals surface area (Å²) in [5, 5.41) is 0.714. The maximum absolute atomic E-state index is 13.3. The van der Waals surface area contributed by atoms with E-state index in [4.69, 9.17) is 14.5 Å². The maximum Gasteiger partial charge on any atom is 0.339 e. The number of fused-ring (bicyclic) bond motifs is 1. The summed E-state index contributed by atoms with van der Waals surface area (Å²) in [6.45, 7) is 3.91. The Labute approximate surface area is 236 Å². The number of benzene rings is 3. The van der Waals surface area contributed by atoms with Gasteiger partial charge in [0.2, 0.25) is 0 Å². The Hall–Kier alpha value is -3.99. The normalized spacial score (nSPS) is 17.0. The van der Waals surface area contributed by atoms with Crippen LogP contribution in [0.3, 0.4) is 0 Å². The molecule has 1 aliphatic rings. The third-order valence-corrected chi connectivity index (χ3v) is 8.15. The first-order valence-corrected chi connectivity index (χ1v) is 14.3. The Morgan fingerprint density at radius 1 is 0.900 bits per heavy atom. The number of methoxy groups -OCH3 is 1. The molecule has 0 atom stereocenters. The van der Waals surface area contributed by atoms with Gasteiger partial charge in [0, 0.05) is 16.5 Å². The molecule has 0 bridgehead atoms. The molecule has 0 amide bonds. The van der Waals surface area contributed by atoms with Crippen molar-refractivity contribution in [2.75, 3.05) is 13.7 Å². The Bertz CT molecular complexity index is 1480. The van der Waals surface area contributed by atoms with E-state index in [2.05, 4.69) is 31.2 Å². The number of ketones is 1. The molecule has 1 heterocycles. The van der Waals surface area contributed by atoms with Gasteiger partial charge < -0.3 is 9.47 Å². The number of ether oxygens (including phenoxy) is 2. The molecule has 0 saturated heterocycles. The second kappa shape index (κ2) is 12.5. The van der Waals surface area contributed by atoms with E-state index in [0.29, 0.717) is 33.9 Å². The molecular formula is C35H37NO4. The van der Waals surface area contributed by atoms with Crippen LogP contribution in [0.15, 0.2) is 72.8 Å². The highest BCUT2D eigenvalue weighted by molar-refractivity contribution is 6.06. The summed E-state index contributed by atoms with van der Waals surface area (Å²) in [5.74, 6) is 1.35. The maximum atomic E-state index is 13.3. The second-order valence-electron chi connectivity index (χ2n) is 10.9. The number of aryl methyl sites for hydroxylation is 1. The molecule has 1 saturated carbocycles. The monoisotopic (exact) mass is 535 g/mol. The minimum Gasteiger partial charge on any atom is -0.497 e. The Balaban J connectivity index is 1.35. The summed E-state index contributed by atoms with van der Waals surface area (Å²) < 4.78 is 10.7. The van der Waals surface area contributed by atoms with Gasteiger partial charge in [-0.3, -0.25) is 4.79 Å². The number of rotatable bonds is 9. The molecule has 40 heavy (non-hydrogen) atoms. The minimum atomic E-state index is -0.540. The molecule has 1 fully saturated rings. The fraction of sp³-hybridized carbons (Fsp3) is 0.343. The zero-order chi connectivity index (χ0) is 28.1. The van der Waals surface area contributed by atoms with Gasteiger partial charge in [-0.2, -0.15) is 0 Å². The molecule has 1 aromatic heterocycles. The topological polar surface area (TPSA) is 65.5 Å². The van der Waals surface area contributed by atoms with Crippen LogP contribution in [0.4, 0.5) is 0 Å². The van der Waals surface area contributed by atoms with Crippen LogP contribution < -0.4 is 4.74 Å². The van der Waals surface area contributed by atoms with E-state index in [1.165, 1.54) is 44.1 Å². The van der Waals surface area contributed by atoms with Gasteiger partial charge in [-0.25, -0.2) is 9.78 Å². The molecule has 0 aliphatic heterocycles. The smallest absolute Gasteiger partial charge is 0.339 e. The first-order valence-electron chi connectivity index (χ1n) is 14.3. The zero-order valence-electron chi connectivity index (χ0n) is 23.6. The average Bonchev–Trinajstić information content (AvgIpc) is 3.00. The van der Waals surface area contributed by atoms with E-state index >= 15 is 0 Å². The van der Waals surface area contributed by atoms with Crippen molar-refractivity contribution < 1.29 is 19.1 Å². The number of hydrogen-bond acceptors (Lipinski definition) is 5. The van der Waals surface area contributed by atoms with Crippen molar-refractivity contribution in [2.45, 2.75) is 58.3 Å². The molecule has 4 aromatic rings. The van der Waals surface area contributed by atoms with Crippen LogP contribution in [0, 0.1) is 12.8 Å². The van der Waals surface area contributed by atoms with Crippen molar-refractivity contribution in [3.63, 3.8) is 0 Å². The van der Waals surface area contributed by atoms with Gasteiger partial charge in [0.05, 0.1) is 23.9 Å². The number of esters is 1.